The third-order valence-electron chi connectivity index (χ3n) is 2.95. The number of rotatable bonds is 2. The number of nitrogens with zero attached hydrogens (tertiary/aromatic N) is 1. The van der Waals surface area contributed by atoms with E-state index in [-0.39, 0.29) is 12.3 Å². The molecule has 88 valence electrons. The smallest absolute Gasteiger partial charge is 0.322 e. The number of carbonyl (C=O) groups is 3. The van der Waals surface area contributed by atoms with E-state index < -0.39 is 18.0 Å². The molecule has 0 aromatic rings. The molecule has 2 saturated heterocycles. The van der Waals surface area contributed by atoms with E-state index in [4.69, 9.17) is 0 Å². The summed E-state index contributed by atoms with van der Waals surface area (Å²) in [4.78, 5) is 35.7. The van der Waals surface area contributed by atoms with Crippen molar-refractivity contribution in [2.24, 2.45) is 0 Å². The van der Waals surface area contributed by atoms with E-state index in [1.165, 1.54) is 0 Å². The number of hydrogen-bond acceptors (Lipinski definition) is 3. The van der Waals surface area contributed by atoms with Gasteiger partial charge in [0.05, 0.1) is 6.42 Å². The van der Waals surface area contributed by atoms with Gasteiger partial charge >= 0.3 is 6.03 Å². The zero-order chi connectivity index (χ0) is 11.5. The number of urea groups is 1. The zero-order valence-electron chi connectivity index (χ0n) is 8.99. The standard InChI is InChI=1S/C10H15N3O3/c14-8(13-4-2-1-3-5-13)6-7-9(15)12-10(16)11-7/h7H,1-6H2,(H2,11,12,15,16). The van der Waals surface area contributed by atoms with Gasteiger partial charge in [0.2, 0.25) is 5.91 Å². The van der Waals surface area contributed by atoms with E-state index >= 15 is 0 Å². The Kier molecular flexibility index (Phi) is 3.07. The van der Waals surface area contributed by atoms with Crippen LogP contribution in [0.1, 0.15) is 25.7 Å². The van der Waals surface area contributed by atoms with E-state index in [1.807, 2.05) is 0 Å². The normalized spacial score (nSPS) is 25.2. The Morgan fingerprint density at radius 1 is 1.25 bits per heavy atom. The molecule has 0 bridgehead atoms. The van der Waals surface area contributed by atoms with Crippen LogP contribution in [0.3, 0.4) is 0 Å². The SMILES string of the molecule is O=C1NC(=O)C(CC(=O)N2CCCCC2)N1. The molecule has 2 N–H and O–H groups in total. The first-order valence-corrected chi connectivity index (χ1v) is 5.56. The van der Waals surface area contributed by atoms with Gasteiger partial charge in [0.1, 0.15) is 6.04 Å². The van der Waals surface area contributed by atoms with E-state index in [9.17, 15) is 14.4 Å². The summed E-state index contributed by atoms with van der Waals surface area (Å²) in [6, 6.07) is -1.21. The minimum Gasteiger partial charge on any atom is -0.343 e. The lowest BCUT2D eigenvalue weighted by Crippen LogP contribution is -2.41. The van der Waals surface area contributed by atoms with Crippen LogP contribution in [-0.4, -0.2) is 41.9 Å². The zero-order valence-corrected chi connectivity index (χ0v) is 8.99. The second-order valence-electron chi connectivity index (χ2n) is 4.16. The van der Waals surface area contributed by atoms with Gasteiger partial charge in [-0.2, -0.15) is 0 Å². The first-order chi connectivity index (χ1) is 7.66. The fourth-order valence-electron chi connectivity index (χ4n) is 2.05. The molecule has 6 nitrogen and oxygen atoms in total. The molecule has 0 aliphatic carbocycles. The molecule has 0 aromatic carbocycles. The summed E-state index contributed by atoms with van der Waals surface area (Å²) in [7, 11) is 0. The summed E-state index contributed by atoms with van der Waals surface area (Å²) in [5.41, 5.74) is 0. The number of imide groups is 1. The largest absolute Gasteiger partial charge is 0.343 e. The van der Waals surface area contributed by atoms with Crippen LogP contribution in [0.25, 0.3) is 0 Å². The molecular weight excluding hydrogens is 210 g/mol. The summed E-state index contributed by atoms with van der Waals surface area (Å²) >= 11 is 0. The van der Waals surface area contributed by atoms with Crippen molar-refractivity contribution in [3.63, 3.8) is 0 Å². The van der Waals surface area contributed by atoms with Gasteiger partial charge in [-0.3, -0.25) is 14.9 Å². The van der Waals surface area contributed by atoms with Gasteiger partial charge in [-0.05, 0) is 19.3 Å². The maximum absolute atomic E-state index is 11.8. The Morgan fingerprint density at radius 2 is 1.94 bits per heavy atom. The average Bonchev–Trinajstić information content (AvgIpc) is 2.59. The lowest BCUT2D eigenvalue weighted by atomic mass is 10.1. The Bertz CT molecular complexity index is 323. The molecule has 2 fully saturated rings. The molecule has 1 atom stereocenters. The maximum Gasteiger partial charge on any atom is 0.322 e. The summed E-state index contributed by atoms with van der Waals surface area (Å²) in [6.07, 6.45) is 3.27. The van der Waals surface area contributed by atoms with Gasteiger partial charge in [0.15, 0.2) is 0 Å². The summed E-state index contributed by atoms with van der Waals surface area (Å²) < 4.78 is 0. The number of piperidine rings is 1. The van der Waals surface area contributed by atoms with Crippen LogP contribution < -0.4 is 10.6 Å². The van der Waals surface area contributed by atoms with Crippen molar-refractivity contribution in [2.75, 3.05) is 13.1 Å². The van der Waals surface area contributed by atoms with Gasteiger partial charge in [-0.25, -0.2) is 4.79 Å². The molecular formula is C10H15N3O3. The molecule has 16 heavy (non-hydrogen) atoms. The van der Waals surface area contributed by atoms with Gasteiger partial charge in [0, 0.05) is 13.1 Å². The Labute approximate surface area is 93.4 Å². The van der Waals surface area contributed by atoms with Crippen molar-refractivity contribution in [1.82, 2.24) is 15.5 Å². The number of likely N-dealkylation sites (tertiary alicyclic amines) is 1. The fraction of sp³-hybridized carbons (Fsp3) is 0.700. The van der Waals surface area contributed by atoms with Crippen molar-refractivity contribution in [3.8, 4) is 0 Å². The highest BCUT2D eigenvalue weighted by Gasteiger charge is 2.32. The summed E-state index contributed by atoms with van der Waals surface area (Å²) in [6.45, 7) is 1.53. The summed E-state index contributed by atoms with van der Waals surface area (Å²) in [5, 5.41) is 4.54. The average molecular weight is 225 g/mol. The maximum atomic E-state index is 11.8. The molecule has 2 rings (SSSR count). The van der Waals surface area contributed by atoms with Gasteiger partial charge in [-0.1, -0.05) is 0 Å². The van der Waals surface area contributed by atoms with Gasteiger partial charge in [0.25, 0.3) is 5.91 Å². The highest BCUT2D eigenvalue weighted by Crippen LogP contribution is 2.11. The molecule has 2 aliphatic rings. The third-order valence-corrected chi connectivity index (χ3v) is 2.95. The molecule has 0 saturated carbocycles. The van der Waals surface area contributed by atoms with Crippen LogP contribution in [-0.2, 0) is 9.59 Å². The number of carbonyl (C=O) groups excluding carboxylic acids is 3. The van der Waals surface area contributed by atoms with Crippen LogP contribution in [0, 0.1) is 0 Å². The number of nitrogens with one attached hydrogen (secondary N) is 2. The van der Waals surface area contributed by atoms with Crippen molar-refractivity contribution >= 4 is 17.8 Å². The quantitative estimate of drug-likeness (QED) is 0.627. The Hall–Kier alpha value is -1.59. The molecule has 4 amide bonds. The second kappa shape index (κ2) is 4.51. The van der Waals surface area contributed by atoms with Crippen molar-refractivity contribution in [1.29, 1.82) is 0 Å². The van der Waals surface area contributed by atoms with Crippen LogP contribution in [0.5, 0.6) is 0 Å². The molecule has 2 aliphatic heterocycles. The first-order valence-electron chi connectivity index (χ1n) is 5.56. The second-order valence-corrected chi connectivity index (χ2v) is 4.16. The third kappa shape index (κ3) is 2.32. The van der Waals surface area contributed by atoms with Crippen molar-refractivity contribution < 1.29 is 14.4 Å². The Balaban J connectivity index is 1.86. The topological polar surface area (TPSA) is 78.5 Å². The van der Waals surface area contributed by atoms with E-state index in [0.717, 1.165) is 32.4 Å². The predicted octanol–water partition coefficient (Wildman–Crippen LogP) is -0.403. The predicted molar refractivity (Wildman–Crippen MR) is 55.5 cm³/mol. The van der Waals surface area contributed by atoms with Gasteiger partial charge < -0.3 is 10.2 Å². The van der Waals surface area contributed by atoms with Crippen LogP contribution in [0.2, 0.25) is 0 Å². The van der Waals surface area contributed by atoms with Crippen molar-refractivity contribution in [2.45, 2.75) is 31.7 Å². The lowest BCUT2D eigenvalue weighted by molar-refractivity contribution is -0.134. The van der Waals surface area contributed by atoms with Gasteiger partial charge in [-0.15, -0.1) is 0 Å². The summed E-state index contributed by atoms with van der Waals surface area (Å²) in [5.74, 6) is -0.461. The van der Waals surface area contributed by atoms with Crippen LogP contribution in [0.15, 0.2) is 0 Å². The van der Waals surface area contributed by atoms with Crippen molar-refractivity contribution in [3.05, 3.63) is 0 Å². The number of hydrogen-bond donors (Lipinski definition) is 2. The monoisotopic (exact) mass is 225 g/mol. The molecule has 1 unspecified atom stereocenters. The molecule has 0 spiro atoms. The molecule has 2 heterocycles. The highest BCUT2D eigenvalue weighted by atomic mass is 16.2. The minimum absolute atomic E-state index is 0.0537. The molecule has 6 heteroatoms. The first kappa shape index (κ1) is 10.9. The van der Waals surface area contributed by atoms with E-state index in [1.54, 1.807) is 4.90 Å². The van der Waals surface area contributed by atoms with Crippen LogP contribution >= 0.6 is 0 Å². The lowest BCUT2D eigenvalue weighted by Gasteiger charge is -2.27. The van der Waals surface area contributed by atoms with E-state index in [0.29, 0.717) is 0 Å². The van der Waals surface area contributed by atoms with E-state index in [2.05, 4.69) is 10.6 Å². The number of amides is 4. The van der Waals surface area contributed by atoms with Crippen LogP contribution in [0.4, 0.5) is 4.79 Å². The molecule has 0 aromatic heterocycles. The highest BCUT2D eigenvalue weighted by molar-refractivity contribution is 6.05. The Morgan fingerprint density at radius 3 is 2.50 bits per heavy atom. The minimum atomic E-state index is -0.693. The molecule has 0 radical (unpaired) electrons. The fourth-order valence-corrected chi connectivity index (χ4v) is 2.05.